The van der Waals surface area contributed by atoms with Crippen LogP contribution in [0.4, 0.5) is 0 Å². The number of benzene rings is 1. The van der Waals surface area contributed by atoms with Gasteiger partial charge in [0.2, 0.25) is 0 Å². The Balaban J connectivity index is 2.03. The van der Waals surface area contributed by atoms with Crippen molar-refractivity contribution in [3.63, 3.8) is 0 Å². The Morgan fingerprint density at radius 3 is 2.95 bits per heavy atom. The number of aromatic nitrogens is 2. The molecule has 1 heterocycles. The Morgan fingerprint density at radius 1 is 1.42 bits per heavy atom. The largest absolute Gasteiger partial charge is 0.224 e. The Hall–Kier alpha value is -1.43. The lowest BCUT2D eigenvalue weighted by Gasteiger charge is -2.03. The van der Waals surface area contributed by atoms with Gasteiger partial charge in [-0.2, -0.15) is 9.64 Å². The van der Waals surface area contributed by atoms with Crippen molar-refractivity contribution in [2.75, 3.05) is 11.5 Å². The zero-order chi connectivity index (χ0) is 13.7. The van der Waals surface area contributed by atoms with Crippen LogP contribution < -0.4 is 0 Å². The summed E-state index contributed by atoms with van der Waals surface area (Å²) in [5.74, 6) is 0.417. The predicted molar refractivity (Wildman–Crippen MR) is 73.8 cm³/mol. The first-order chi connectivity index (χ1) is 9.12. The van der Waals surface area contributed by atoms with Gasteiger partial charge in [-0.3, -0.25) is 0 Å². The van der Waals surface area contributed by atoms with E-state index in [9.17, 15) is 8.42 Å². The van der Waals surface area contributed by atoms with E-state index in [0.717, 1.165) is 4.34 Å². The van der Waals surface area contributed by atoms with Crippen LogP contribution in [0.15, 0.2) is 39.8 Å². The van der Waals surface area contributed by atoms with E-state index in [0.29, 0.717) is 11.3 Å². The van der Waals surface area contributed by atoms with E-state index in [-0.39, 0.29) is 10.6 Å². The molecule has 19 heavy (non-hydrogen) atoms. The minimum Gasteiger partial charge on any atom is -0.224 e. The lowest BCUT2D eigenvalue weighted by molar-refractivity contribution is 0.597. The Morgan fingerprint density at radius 2 is 2.26 bits per heavy atom. The molecule has 0 fully saturated rings. The van der Waals surface area contributed by atoms with Crippen LogP contribution >= 0.6 is 23.3 Å². The van der Waals surface area contributed by atoms with Crippen LogP contribution in [-0.4, -0.2) is 29.3 Å². The van der Waals surface area contributed by atoms with Gasteiger partial charge in [-0.05, 0) is 29.7 Å². The van der Waals surface area contributed by atoms with E-state index < -0.39 is 9.84 Å². The molecular formula is C11H9N3O2S3. The van der Waals surface area contributed by atoms with Crippen LogP contribution in [-0.2, 0) is 9.84 Å². The van der Waals surface area contributed by atoms with E-state index in [1.54, 1.807) is 12.1 Å². The van der Waals surface area contributed by atoms with Crippen LogP contribution in [0.1, 0.15) is 5.56 Å². The lowest BCUT2D eigenvalue weighted by Crippen LogP contribution is -2.09. The van der Waals surface area contributed by atoms with E-state index in [1.807, 2.05) is 6.07 Å². The molecule has 0 aliphatic rings. The quantitative estimate of drug-likeness (QED) is 0.785. The fourth-order valence-electron chi connectivity index (χ4n) is 1.34. The second-order valence-corrected chi connectivity index (χ2v) is 7.75. The number of rotatable bonds is 5. The van der Waals surface area contributed by atoms with Crippen molar-refractivity contribution in [3.8, 4) is 6.07 Å². The van der Waals surface area contributed by atoms with Crippen molar-refractivity contribution in [2.45, 2.75) is 9.24 Å². The lowest BCUT2D eigenvalue weighted by atomic mass is 10.2. The highest BCUT2D eigenvalue weighted by Gasteiger charge is 2.15. The molecule has 0 aliphatic heterocycles. The molecule has 0 atom stereocenters. The van der Waals surface area contributed by atoms with E-state index >= 15 is 0 Å². The molecule has 0 aliphatic carbocycles. The molecule has 0 amide bonds. The minimum atomic E-state index is -3.36. The van der Waals surface area contributed by atoms with E-state index in [2.05, 4.69) is 9.36 Å². The van der Waals surface area contributed by atoms with Crippen molar-refractivity contribution < 1.29 is 8.42 Å². The number of nitriles is 1. The SMILES string of the molecule is N#Cc1cccc(S(=O)(=O)CCSc2ncns2)c1. The maximum absolute atomic E-state index is 12.1. The van der Waals surface area contributed by atoms with Crippen molar-refractivity contribution in [1.29, 1.82) is 5.26 Å². The van der Waals surface area contributed by atoms with Gasteiger partial charge in [-0.1, -0.05) is 17.8 Å². The zero-order valence-corrected chi connectivity index (χ0v) is 12.1. The Labute approximate surface area is 119 Å². The molecule has 0 bridgehead atoms. The number of hydrogen-bond donors (Lipinski definition) is 0. The van der Waals surface area contributed by atoms with Gasteiger partial charge in [0.25, 0.3) is 0 Å². The smallest absolute Gasteiger partial charge is 0.179 e. The number of nitrogens with zero attached hydrogens (tertiary/aromatic N) is 3. The first-order valence-electron chi connectivity index (χ1n) is 5.24. The summed E-state index contributed by atoms with van der Waals surface area (Å²) in [5, 5.41) is 8.77. The third kappa shape index (κ3) is 3.76. The average Bonchev–Trinajstić information content (AvgIpc) is 2.92. The molecule has 0 saturated carbocycles. The Bertz CT molecular complexity index is 690. The van der Waals surface area contributed by atoms with Gasteiger partial charge >= 0.3 is 0 Å². The standard InChI is InChI=1S/C11H9N3O2S3/c12-7-9-2-1-3-10(6-9)19(15,16)5-4-17-11-13-8-14-18-11/h1-3,6,8H,4-5H2. The summed E-state index contributed by atoms with van der Waals surface area (Å²) in [6, 6.07) is 7.98. The minimum absolute atomic E-state index is 0.00608. The molecular weight excluding hydrogens is 302 g/mol. The second kappa shape index (κ2) is 6.14. The molecule has 0 unspecified atom stereocenters. The summed E-state index contributed by atoms with van der Waals surface area (Å²) in [7, 11) is -3.36. The van der Waals surface area contributed by atoms with Crippen molar-refractivity contribution in [3.05, 3.63) is 36.2 Å². The van der Waals surface area contributed by atoms with Gasteiger partial charge in [0.1, 0.15) is 6.33 Å². The summed E-state index contributed by atoms with van der Waals surface area (Å²) in [5.41, 5.74) is 0.345. The third-order valence-electron chi connectivity index (χ3n) is 2.24. The maximum atomic E-state index is 12.1. The molecule has 5 nitrogen and oxygen atoms in total. The van der Waals surface area contributed by atoms with E-state index in [1.165, 1.54) is 41.8 Å². The summed E-state index contributed by atoms with van der Waals surface area (Å²) in [6.45, 7) is 0. The summed E-state index contributed by atoms with van der Waals surface area (Å²) < 4.78 is 28.7. The molecule has 0 spiro atoms. The number of thioether (sulfide) groups is 1. The highest BCUT2D eigenvalue weighted by molar-refractivity contribution is 8.02. The van der Waals surface area contributed by atoms with Gasteiger partial charge < -0.3 is 0 Å². The first-order valence-corrected chi connectivity index (χ1v) is 8.65. The predicted octanol–water partition coefficient (Wildman–Crippen LogP) is 1.98. The van der Waals surface area contributed by atoms with E-state index in [4.69, 9.17) is 5.26 Å². The summed E-state index contributed by atoms with van der Waals surface area (Å²) in [4.78, 5) is 4.15. The van der Waals surface area contributed by atoms with Gasteiger partial charge in [0.05, 0.1) is 22.3 Å². The second-order valence-electron chi connectivity index (χ2n) is 3.51. The van der Waals surface area contributed by atoms with Crippen molar-refractivity contribution >= 4 is 33.1 Å². The average molecular weight is 311 g/mol. The normalized spacial score (nSPS) is 11.1. The maximum Gasteiger partial charge on any atom is 0.179 e. The molecule has 0 saturated heterocycles. The number of hydrogen-bond acceptors (Lipinski definition) is 7. The molecule has 1 aromatic heterocycles. The molecule has 0 N–H and O–H groups in total. The van der Waals surface area contributed by atoms with Crippen LogP contribution in [0, 0.1) is 11.3 Å². The summed E-state index contributed by atoms with van der Waals surface area (Å²) in [6.07, 6.45) is 1.44. The Kier molecular flexibility index (Phi) is 4.52. The first kappa shape index (κ1) is 14.0. The molecule has 0 radical (unpaired) electrons. The fraction of sp³-hybridized carbons (Fsp3) is 0.182. The monoisotopic (exact) mass is 311 g/mol. The van der Waals surface area contributed by atoms with Gasteiger partial charge in [0, 0.05) is 5.75 Å². The topological polar surface area (TPSA) is 83.7 Å². The zero-order valence-electron chi connectivity index (χ0n) is 9.68. The molecule has 2 aromatic rings. The van der Waals surface area contributed by atoms with Crippen molar-refractivity contribution in [1.82, 2.24) is 9.36 Å². The van der Waals surface area contributed by atoms with Gasteiger partial charge in [-0.15, -0.1) is 0 Å². The van der Waals surface area contributed by atoms with Crippen LogP contribution in [0.25, 0.3) is 0 Å². The summed E-state index contributed by atoms with van der Waals surface area (Å²) >= 11 is 2.60. The fourth-order valence-corrected chi connectivity index (χ4v) is 4.55. The van der Waals surface area contributed by atoms with Crippen LogP contribution in [0.5, 0.6) is 0 Å². The van der Waals surface area contributed by atoms with Crippen molar-refractivity contribution in [2.24, 2.45) is 0 Å². The number of sulfone groups is 1. The highest BCUT2D eigenvalue weighted by atomic mass is 32.2. The van der Waals surface area contributed by atoms with Crippen LogP contribution in [0.3, 0.4) is 0 Å². The van der Waals surface area contributed by atoms with Gasteiger partial charge in [-0.25, -0.2) is 13.4 Å². The third-order valence-corrected chi connectivity index (χ3v) is 6.01. The molecule has 1 aromatic carbocycles. The molecule has 98 valence electrons. The highest BCUT2D eigenvalue weighted by Crippen LogP contribution is 2.20. The van der Waals surface area contributed by atoms with Gasteiger partial charge in [0.15, 0.2) is 14.2 Å². The molecule has 8 heteroatoms. The molecule has 2 rings (SSSR count). The van der Waals surface area contributed by atoms with Crippen LogP contribution in [0.2, 0.25) is 0 Å².